The van der Waals surface area contributed by atoms with Gasteiger partial charge in [0.15, 0.2) is 0 Å². The first-order valence-electron chi connectivity index (χ1n) is 6.41. The van der Waals surface area contributed by atoms with Gasteiger partial charge in [0.1, 0.15) is 11.6 Å². The van der Waals surface area contributed by atoms with Gasteiger partial charge in [-0.3, -0.25) is 18.9 Å². The Kier molecular flexibility index (Phi) is 5.07. The van der Waals surface area contributed by atoms with Gasteiger partial charge < -0.3 is 10.2 Å². The molecule has 0 aromatic carbocycles. The van der Waals surface area contributed by atoms with Crippen molar-refractivity contribution in [3.05, 3.63) is 26.4 Å². The first-order valence-corrected chi connectivity index (χ1v) is 6.41. The van der Waals surface area contributed by atoms with E-state index in [1.54, 1.807) is 0 Å². The van der Waals surface area contributed by atoms with Gasteiger partial charge in [-0.25, -0.2) is 9.59 Å². The van der Waals surface area contributed by atoms with Crippen LogP contribution in [0, 0.1) is 5.92 Å². The van der Waals surface area contributed by atoms with Crippen molar-refractivity contribution in [1.29, 1.82) is 0 Å². The van der Waals surface area contributed by atoms with Crippen LogP contribution in [0.25, 0.3) is 0 Å². The Morgan fingerprint density at radius 1 is 1.29 bits per heavy atom. The fourth-order valence-electron chi connectivity index (χ4n) is 1.81. The van der Waals surface area contributed by atoms with E-state index in [9.17, 15) is 19.5 Å². The van der Waals surface area contributed by atoms with Crippen LogP contribution in [0.5, 0.6) is 5.88 Å². The van der Waals surface area contributed by atoms with Crippen LogP contribution in [0.3, 0.4) is 0 Å². The van der Waals surface area contributed by atoms with E-state index in [2.05, 4.69) is 4.99 Å². The van der Waals surface area contributed by atoms with Gasteiger partial charge in [-0.1, -0.05) is 13.8 Å². The average Bonchev–Trinajstić information content (AvgIpc) is 2.41. The molecule has 0 amide bonds. The van der Waals surface area contributed by atoms with Crippen molar-refractivity contribution in [2.75, 3.05) is 0 Å². The molecule has 1 atom stereocenters. The van der Waals surface area contributed by atoms with Gasteiger partial charge in [-0.05, 0) is 12.3 Å². The number of rotatable bonds is 5. The first kappa shape index (κ1) is 16.7. The van der Waals surface area contributed by atoms with Gasteiger partial charge in [0, 0.05) is 20.3 Å². The Labute approximate surface area is 121 Å². The highest BCUT2D eigenvalue weighted by Gasteiger charge is 2.18. The van der Waals surface area contributed by atoms with Crippen LogP contribution >= 0.6 is 0 Å². The molecule has 1 heterocycles. The molecule has 8 heteroatoms. The van der Waals surface area contributed by atoms with Crippen molar-refractivity contribution in [2.45, 2.75) is 26.3 Å². The Balaban J connectivity index is 3.30. The van der Waals surface area contributed by atoms with Crippen molar-refractivity contribution in [2.24, 2.45) is 25.0 Å². The Bertz CT molecular complexity index is 684. The summed E-state index contributed by atoms with van der Waals surface area (Å²) in [6, 6.07) is -1.01. The molecule has 1 rings (SSSR count). The Morgan fingerprint density at radius 2 is 1.86 bits per heavy atom. The molecule has 0 aliphatic heterocycles. The summed E-state index contributed by atoms with van der Waals surface area (Å²) >= 11 is 0. The summed E-state index contributed by atoms with van der Waals surface area (Å²) < 4.78 is 1.71. The van der Waals surface area contributed by atoms with Gasteiger partial charge >= 0.3 is 11.7 Å². The lowest BCUT2D eigenvalue weighted by Crippen LogP contribution is -2.38. The monoisotopic (exact) mass is 297 g/mol. The highest BCUT2D eigenvalue weighted by atomic mass is 16.4. The van der Waals surface area contributed by atoms with Gasteiger partial charge in [-0.2, -0.15) is 0 Å². The zero-order valence-electron chi connectivity index (χ0n) is 12.4. The predicted octanol–water partition coefficient (Wildman–Crippen LogP) is -0.292. The summed E-state index contributed by atoms with van der Waals surface area (Å²) in [5, 5.41) is 18.9. The minimum Gasteiger partial charge on any atom is -0.494 e. The van der Waals surface area contributed by atoms with Crippen LogP contribution < -0.4 is 11.2 Å². The minimum absolute atomic E-state index is 0.111. The van der Waals surface area contributed by atoms with Crippen molar-refractivity contribution in [3.63, 3.8) is 0 Å². The number of hydrogen-bond acceptors (Lipinski definition) is 5. The van der Waals surface area contributed by atoms with Crippen molar-refractivity contribution < 1.29 is 15.0 Å². The van der Waals surface area contributed by atoms with E-state index in [1.165, 1.54) is 14.1 Å². The van der Waals surface area contributed by atoms with E-state index in [-0.39, 0.29) is 11.5 Å². The van der Waals surface area contributed by atoms with Gasteiger partial charge in [0.25, 0.3) is 5.56 Å². The lowest BCUT2D eigenvalue weighted by molar-refractivity contribution is -0.138. The third-order valence-electron chi connectivity index (χ3n) is 3.03. The maximum atomic E-state index is 11.9. The number of carbonyl (C=O) groups is 1. The van der Waals surface area contributed by atoms with E-state index < -0.39 is 29.1 Å². The minimum atomic E-state index is -1.11. The van der Waals surface area contributed by atoms with Crippen LogP contribution in [0.1, 0.15) is 25.8 Å². The molecule has 116 valence electrons. The summed E-state index contributed by atoms with van der Waals surface area (Å²) in [6.07, 6.45) is 1.32. The fourth-order valence-corrected chi connectivity index (χ4v) is 1.81. The highest BCUT2D eigenvalue weighted by Crippen LogP contribution is 2.10. The quantitative estimate of drug-likeness (QED) is 0.725. The Morgan fingerprint density at radius 3 is 2.33 bits per heavy atom. The average molecular weight is 297 g/mol. The number of aromatic hydroxyl groups is 1. The molecular formula is C13H19N3O5. The molecule has 1 aromatic heterocycles. The number of nitrogens with zero attached hydrogens (tertiary/aromatic N) is 3. The number of aromatic nitrogens is 2. The van der Waals surface area contributed by atoms with Crippen LogP contribution in [-0.2, 0) is 18.9 Å². The highest BCUT2D eigenvalue weighted by molar-refractivity contribution is 5.85. The largest absolute Gasteiger partial charge is 0.494 e. The number of carboxylic acids is 1. The smallest absolute Gasteiger partial charge is 0.333 e. The SMILES string of the molecule is CC(C)C[C@@H](N=Cc1c(O)n(C)c(=O)n(C)c1=O)C(=O)O. The molecule has 0 spiro atoms. The molecule has 0 bridgehead atoms. The fraction of sp³-hybridized carbons (Fsp3) is 0.538. The number of hydrogen-bond donors (Lipinski definition) is 2. The van der Waals surface area contributed by atoms with Crippen LogP contribution in [-0.4, -0.2) is 37.6 Å². The summed E-state index contributed by atoms with van der Waals surface area (Å²) in [5.74, 6) is -1.54. The molecule has 0 aliphatic carbocycles. The van der Waals surface area contributed by atoms with Crippen molar-refractivity contribution >= 4 is 12.2 Å². The van der Waals surface area contributed by atoms with Gasteiger partial charge in [0.05, 0.1) is 0 Å². The van der Waals surface area contributed by atoms with Crippen LogP contribution in [0.15, 0.2) is 14.6 Å². The van der Waals surface area contributed by atoms with Gasteiger partial charge in [-0.15, -0.1) is 0 Å². The molecule has 0 fully saturated rings. The molecule has 0 unspecified atom stereocenters. The standard InChI is InChI=1S/C13H19N3O5/c1-7(2)5-9(12(19)20)14-6-8-10(17)15(3)13(21)16(4)11(8)18/h6-7,9,17H,5H2,1-4H3,(H,19,20)/t9-/m1/s1. The number of carboxylic acid groups (broad SMARTS) is 1. The molecule has 21 heavy (non-hydrogen) atoms. The summed E-state index contributed by atoms with van der Waals surface area (Å²) in [6.45, 7) is 3.71. The normalized spacial score (nSPS) is 13.0. The Hall–Kier alpha value is -2.38. The second-order valence-corrected chi connectivity index (χ2v) is 5.20. The summed E-state index contributed by atoms with van der Waals surface area (Å²) in [5.41, 5.74) is -1.62. The van der Waals surface area contributed by atoms with Crippen molar-refractivity contribution in [1.82, 2.24) is 9.13 Å². The van der Waals surface area contributed by atoms with Crippen LogP contribution in [0.4, 0.5) is 0 Å². The number of aliphatic carboxylic acids is 1. The molecule has 1 aromatic rings. The first-order chi connectivity index (χ1) is 9.66. The third kappa shape index (κ3) is 3.59. The summed E-state index contributed by atoms with van der Waals surface area (Å²) in [4.78, 5) is 38.5. The molecule has 0 radical (unpaired) electrons. The lowest BCUT2D eigenvalue weighted by atomic mass is 10.0. The molecule has 0 aliphatic rings. The van der Waals surface area contributed by atoms with E-state index in [4.69, 9.17) is 5.11 Å². The van der Waals surface area contributed by atoms with Crippen molar-refractivity contribution in [3.8, 4) is 5.88 Å². The lowest BCUT2D eigenvalue weighted by Gasteiger charge is -2.11. The molecule has 0 saturated carbocycles. The van der Waals surface area contributed by atoms with E-state index in [0.29, 0.717) is 6.42 Å². The topological polar surface area (TPSA) is 114 Å². The molecular weight excluding hydrogens is 278 g/mol. The maximum absolute atomic E-state index is 11.9. The maximum Gasteiger partial charge on any atom is 0.333 e. The molecule has 8 nitrogen and oxygen atoms in total. The van der Waals surface area contributed by atoms with Gasteiger partial charge in [0.2, 0.25) is 5.88 Å². The zero-order chi connectivity index (χ0) is 16.3. The molecule has 0 saturated heterocycles. The summed E-state index contributed by atoms with van der Waals surface area (Å²) in [7, 11) is 2.57. The van der Waals surface area contributed by atoms with E-state index in [0.717, 1.165) is 15.3 Å². The van der Waals surface area contributed by atoms with E-state index >= 15 is 0 Å². The van der Waals surface area contributed by atoms with Crippen LogP contribution in [0.2, 0.25) is 0 Å². The second-order valence-electron chi connectivity index (χ2n) is 5.20. The van der Waals surface area contributed by atoms with E-state index in [1.807, 2.05) is 13.8 Å². The predicted molar refractivity (Wildman–Crippen MR) is 77.1 cm³/mol. The molecule has 2 N–H and O–H groups in total. The second kappa shape index (κ2) is 6.38. The zero-order valence-corrected chi connectivity index (χ0v) is 12.4. The third-order valence-corrected chi connectivity index (χ3v) is 3.03. The number of aliphatic imine (C=N–C) groups is 1.